The van der Waals surface area contributed by atoms with Crippen molar-refractivity contribution in [2.45, 2.75) is 31.7 Å². The van der Waals surface area contributed by atoms with E-state index >= 15 is 0 Å². The number of aromatic amines is 2. The molecule has 0 aliphatic carbocycles. The topological polar surface area (TPSA) is 81.9 Å². The van der Waals surface area contributed by atoms with Crippen molar-refractivity contribution in [3.8, 4) is 0 Å². The number of hydrogen-bond donors (Lipinski definition) is 2. The molecule has 1 atom stereocenters. The van der Waals surface area contributed by atoms with Gasteiger partial charge in [-0.25, -0.2) is 9.78 Å². The molecule has 2 N–H and O–H groups in total. The number of rotatable bonds is 2. The number of pyridine rings is 1. The zero-order chi connectivity index (χ0) is 17.6. The Kier molecular flexibility index (Phi) is 3.49. The van der Waals surface area contributed by atoms with E-state index in [9.17, 15) is 9.59 Å². The Bertz CT molecular complexity index is 987. The van der Waals surface area contributed by atoms with Gasteiger partial charge in [-0.3, -0.25) is 9.78 Å². The minimum atomic E-state index is -0.322. The summed E-state index contributed by atoms with van der Waals surface area (Å²) in [6.07, 6.45) is 0.923. The second kappa shape index (κ2) is 5.58. The van der Waals surface area contributed by atoms with Crippen molar-refractivity contribution in [2.75, 3.05) is 6.54 Å². The minimum absolute atomic E-state index is 0.104. The molecule has 6 heteroatoms. The summed E-state index contributed by atoms with van der Waals surface area (Å²) in [4.78, 5) is 35.9. The molecule has 128 valence electrons. The van der Waals surface area contributed by atoms with Gasteiger partial charge in [0, 0.05) is 18.0 Å². The first-order valence-electron chi connectivity index (χ1n) is 8.43. The van der Waals surface area contributed by atoms with Gasteiger partial charge < -0.3 is 9.88 Å². The number of aromatic nitrogens is 3. The first-order valence-corrected chi connectivity index (χ1v) is 8.43. The van der Waals surface area contributed by atoms with Gasteiger partial charge in [-0.1, -0.05) is 30.3 Å². The molecule has 3 aromatic rings. The Morgan fingerprint density at radius 1 is 1.16 bits per heavy atom. The Morgan fingerprint density at radius 3 is 2.68 bits per heavy atom. The number of benzene rings is 1. The van der Waals surface area contributed by atoms with E-state index in [1.165, 1.54) is 5.56 Å². The fourth-order valence-corrected chi connectivity index (χ4v) is 3.88. The zero-order valence-corrected chi connectivity index (χ0v) is 14.2. The van der Waals surface area contributed by atoms with E-state index in [-0.39, 0.29) is 23.1 Å². The van der Waals surface area contributed by atoms with Crippen LogP contribution in [0.2, 0.25) is 0 Å². The number of nitrogens with zero attached hydrogens (tertiary/aromatic N) is 2. The van der Waals surface area contributed by atoms with Crippen LogP contribution in [0.25, 0.3) is 11.2 Å². The van der Waals surface area contributed by atoms with Crippen LogP contribution >= 0.6 is 0 Å². The van der Waals surface area contributed by atoms with Crippen LogP contribution in [0.15, 0.2) is 47.3 Å². The van der Waals surface area contributed by atoms with Crippen LogP contribution in [-0.4, -0.2) is 37.8 Å². The average molecular weight is 336 g/mol. The van der Waals surface area contributed by atoms with E-state index in [1.54, 1.807) is 12.1 Å². The molecule has 0 unspecified atom stereocenters. The maximum Gasteiger partial charge on any atom is 0.325 e. The van der Waals surface area contributed by atoms with Crippen molar-refractivity contribution in [2.24, 2.45) is 0 Å². The highest BCUT2D eigenvalue weighted by Crippen LogP contribution is 2.42. The molecule has 0 spiro atoms. The summed E-state index contributed by atoms with van der Waals surface area (Å²) in [6, 6.07) is 13.7. The lowest BCUT2D eigenvalue weighted by Gasteiger charge is -2.36. The third-order valence-corrected chi connectivity index (χ3v) is 5.23. The van der Waals surface area contributed by atoms with Crippen molar-refractivity contribution in [3.05, 3.63) is 64.2 Å². The second-order valence-corrected chi connectivity index (χ2v) is 7.03. The van der Waals surface area contributed by atoms with Crippen LogP contribution in [-0.2, 0) is 0 Å². The molecule has 1 amide bonds. The van der Waals surface area contributed by atoms with Crippen LogP contribution in [0.1, 0.15) is 42.2 Å². The fraction of sp³-hybridized carbons (Fsp3) is 0.316. The molecule has 25 heavy (non-hydrogen) atoms. The van der Waals surface area contributed by atoms with Crippen molar-refractivity contribution >= 4 is 17.1 Å². The minimum Gasteiger partial charge on any atom is -0.332 e. The molecule has 0 radical (unpaired) electrons. The van der Waals surface area contributed by atoms with Crippen LogP contribution in [0.3, 0.4) is 0 Å². The number of carbonyl (C=O) groups is 1. The summed E-state index contributed by atoms with van der Waals surface area (Å²) in [5.74, 6) is 0.181. The molecule has 6 nitrogen and oxygen atoms in total. The summed E-state index contributed by atoms with van der Waals surface area (Å²) in [5, 5.41) is 0. The zero-order valence-electron chi connectivity index (χ0n) is 14.2. The third-order valence-electron chi connectivity index (χ3n) is 5.23. The monoisotopic (exact) mass is 336 g/mol. The summed E-state index contributed by atoms with van der Waals surface area (Å²) < 4.78 is 0. The van der Waals surface area contributed by atoms with E-state index < -0.39 is 0 Å². The molecule has 1 fully saturated rings. The number of carbonyl (C=O) groups excluding carboxylic acids is 1. The van der Waals surface area contributed by atoms with E-state index in [0.717, 1.165) is 6.42 Å². The predicted molar refractivity (Wildman–Crippen MR) is 95.6 cm³/mol. The van der Waals surface area contributed by atoms with Crippen LogP contribution in [0.5, 0.6) is 0 Å². The predicted octanol–water partition coefficient (Wildman–Crippen LogP) is 2.66. The largest absolute Gasteiger partial charge is 0.332 e. The lowest BCUT2D eigenvalue weighted by molar-refractivity contribution is 0.0629. The van der Waals surface area contributed by atoms with Gasteiger partial charge in [0.25, 0.3) is 5.91 Å². The molecule has 2 aromatic heterocycles. The van der Waals surface area contributed by atoms with Crippen LogP contribution < -0.4 is 5.69 Å². The standard InChI is InChI=1S/C19H20N4O2/c1-19(2)13(12-6-4-3-5-7-12)10-11-23(19)17(24)15-9-8-14-16(20-15)22-18(25)21-14/h3-9,13H,10-11H2,1-2H3,(H2,20,21,22,25)/t13-/m0/s1. The highest BCUT2D eigenvalue weighted by molar-refractivity contribution is 5.94. The van der Waals surface area contributed by atoms with Gasteiger partial charge in [-0.05, 0) is 38.0 Å². The normalized spacial score (nSPS) is 19.4. The van der Waals surface area contributed by atoms with E-state index in [1.807, 2.05) is 23.1 Å². The smallest absolute Gasteiger partial charge is 0.325 e. The van der Waals surface area contributed by atoms with Gasteiger partial charge in [0.15, 0.2) is 5.65 Å². The summed E-state index contributed by atoms with van der Waals surface area (Å²) in [6.45, 7) is 4.90. The van der Waals surface area contributed by atoms with E-state index in [4.69, 9.17) is 0 Å². The van der Waals surface area contributed by atoms with Gasteiger partial charge in [-0.15, -0.1) is 0 Å². The quantitative estimate of drug-likeness (QED) is 0.755. The molecule has 0 saturated carbocycles. The molecule has 3 heterocycles. The summed E-state index contributed by atoms with van der Waals surface area (Å²) in [7, 11) is 0. The van der Waals surface area contributed by atoms with Gasteiger partial charge in [-0.2, -0.15) is 0 Å². The average Bonchev–Trinajstić information content (AvgIpc) is 3.12. The molecule has 1 aliphatic rings. The second-order valence-electron chi connectivity index (χ2n) is 7.03. The molecular weight excluding hydrogens is 316 g/mol. The van der Waals surface area contributed by atoms with E-state index in [0.29, 0.717) is 23.4 Å². The fourth-order valence-electron chi connectivity index (χ4n) is 3.88. The van der Waals surface area contributed by atoms with Crippen molar-refractivity contribution in [3.63, 3.8) is 0 Å². The molecule has 1 aromatic carbocycles. The Labute approximate surface area is 144 Å². The molecule has 1 saturated heterocycles. The Morgan fingerprint density at radius 2 is 1.92 bits per heavy atom. The Balaban J connectivity index is 1.66. The third kappa shape index (κ3) is 2.54. The molecule has 0 bridgehead atoms. The molecular formula is C19H20N4O2. The highest BCUT2D eigenvalue weighted by atomic mass is 16.2. The van der Waals surface area contributed by atoms with Crippen LogP contribution in [0.4, 0.5) is 0 Å². The van der Waals surface area contributed by atoms with Crippen molar-refractivity contribution in [1.82, 2.24) is 19.9 Å². The van der Waals surface area contributed by atoms with Gasteiger partial charge in [0.1, 0.15) is 5.69 Å². The Hall–Kier alpha value is -2.89. The number of fused-ring (bicyclic) bond motifs is 1. The first-order chi connectivity index (χ1) is 12.0. The van der Waals surface area contributed by atoms with Crippen molar-refractivity contribution < 1.29 is 4.79 Å². The number of imidazole rings is 1. The van der Waals surface area contributed by atoms with Gasteiger partial charge >= 0.3 is 5.69 Å². The lowest BCUT2D eigenvalue weighted by atomic mass is 9.82. The number of likely N-dealkylation sites (tertiary alicyclic amines) is 1. The summed E-state index contributed by atoms with van der Waals surface area (Å²) in [5.41, 5.74) is 1.99. The maximum atomic E-state index is 13.1. The lowest BCUT2D eigenvalue weighted by Crippen LogP contribution is -2.45. The van der Waals surface area contributed by atoms with Gasteiger partial charge in [0.05, 0.1) is 5.52 Å². The molecule has 1 aliphatic heterocycles. The molecule has 4 rings (SSSR count). The van der Waals surface area contributed by atoms with E-state index in [2.05, 4.69) is 40.9 Å². The number of amides is 1. The maximum absolute atomic E-state index is 13.1. The van der Waals surface area contributed by atoms with Crippen LogP contribution in [0, 0.1) is 0 Å². The first kappa shape index (κ1) is 15.6. The SMILES string of the molecule is CC1(C)[C@H](c2ccccc2)CCN1C(=O)c1ccc2[nH]c(=O)[nH]c2n1. The summed E-state index contributed by atoms with van der Waals surface area (Å²) >= 11 is 0. The number of hydrogen-bond acceptors (Lipinski definition) is 3. The van der Waals surface area contributed by atoms with Gasteiger partial charge in [0.2, 0.25) is 0 Å². The highest BCUT2D eigenvalue weighted by Gasteiger charge is 2.44. The number of H-pyrrole nitrogens is 2. The van der Waals surface area contributed by atoms with Crippen molar-refractivity contribution in [1.29, 1.82) is 0 Å². The number of nitrogens with one attached hydrogen (secondary N) is 2.